The molecule has 22 rings (SSSR count). The SMILES string of the molecule is Brc1ccc2c(c1)sc1cc(C3(c4ccccc4)c4ccccc4-c4c3ccc3c4Oc4ccccc4O3)ccc12.c1ccc(N(c2ccccc2)c2ccc3c(c2)sc2cc(C4(c5ccccc5)c5ccccc5-c5c4ccc4c5Oc5ccccc5O4)ccc23)cc1.c1ccc(Nc2ccccc2)cc1. The number of halogens is 1. The van der Waals surface area contributed by atoms with Gasteiger partial charge in [-0.1, -0.05) is 271 Å². The molecule has 2 unspecified atom stereocenters. The fourth-order valence-electron chi connectivity index (χ4n) is 16.6. The van der Waals surface area contributed by atoms with E-state index in [2.05, 4.69) is 293 Å². The highest BCUT2D eigenvalue weighted by Crippen LogP contribution is 2.65. The second-order valence-electron chi connectivity index (χ2n) is 27.1. The maximum absolute atomic E-state index is 6.72. The van der Waals surface area contributed by atoms with Gasteiger partial charge in [-0.2, -0.15) is 0 Å². The summed E-state index contributed by atoms with van der Waals surface area (Å²) < 4.78 is 32.4. The summed E-state index contributed by atoms with van der Waals surface area (Å²) in [6.45, 7) is 0. The Morgan fingerprint density at radius 2 is 0.617 bits per heavy atom. The van der Waals surface area contributed by atoms with Crippen LogP contribution in [0.4, 0.5) is 28.4 Å². The molecule has 107 heavy (non-hydrogen) atoms. The van der Waals surface area contributed by atoms with Crippen molar-refractivity contribution < 1.29 is 18.9 Å². The molecule has 16 aromatic carbocycles. The Hall–Kier alpha value is -12.8. The van der Waals surface area contributed by atoms with E-state index in [4.69, 9.17) is 18.9 Å². The number of ether oxygens (including phenoxy) is 4. The summed E-state index contributed by atoms with van der Waals surface area (Å²) in [5, 5.41) is 8.41. The quantitative estimate of drug-likeness (QED) is 0.155. The van der Waals surface area contributed by atoms with Gasteiger partial charge in [-0.15, -0.1) is 22.7 Å². The fourth-order valence-corrected chi connectivity index (χ4v) is 19.5. The molecule has 4 aliphatic rings. The van der Waals surface area contributed by atoms with E-state index >= 15 is 0 Å². The number of anilines is 5. The standard InChI is InChI=1S/C49H31NO2S.C37H21BrO2S.C12H11N/c1-4-14-32(15-5-1)49(40-21-11-10-20-39(40)47-41(49)28-29-44-48(47)52-43-23-13-12-22-42(43)51-44)33-24-26-37-38-27-25-36(31-46(38)53-45(37)30-33)50(34-16-6-2-7-17-34)35-18-8-3-9-19-35;38-24-15-17-26-25-16-14-23(20-33(25)41-34(26)21-24)37(22-8-2-1-3-9-22)28-11-5-4-10-27(28)35-29(37)18-19-32-36(35)40-31-13-7-6-12-30(31)39-32;1-3-7-11(8-4-1)13-12-9-5-2-6-10-12/h1-31H;1-21H;1-10,13H. The van der Waals surface area contributed by atoms with Crippen LogP contribution in [0.5, 0.6) is 46.0 Å². The minimum atomic E-state index is -0.574. The molecule has 6 nitrogen and oxygen atoms in total. The third-order valence-electron chi connectivity index (χ3n) is 21.1. The van der Waals surface area contributed by atoms with Crippen LogP contribution < -0.4 is 29.2 Å². The van der Waals surface area contributed by atoms with Crippen molar-refractivity contribution in [3.8, 4) is 68.2 Å². The van der Waals surface area contributed by atoms with E-state index in [1.165, 1.54) is 90.4 Å². The Morgan fingerprint density at radius 1 is 0.262 bits per heavy atom. The lowest BCUT2D eigenvalue weighted by molar-refractivity contribution is 0.360. The van der Waals surface area contributed by atoms with Crippen LogP contribution >= 0.6 is 38.6 Å². The maximum Gasteiger partial charge on any atom is 0.178 e. The van der Waals surface area contributed by atoms with Gasteiger partial charge in [-0.25, -0.2) is 0 Å². The van der Waals surface area contributed by atoms with E-state index < -0.39 is 10.8 Å². The summed E-state index contributed by atoms with van der Waals surface area (Å²) in [6, 6.07) is 133. The second-order valence-corrected chi connectivity index (χ2v) is 30.1. The van der Waals surface area contributed by atoms with Gasteiger partial charge in [0.05, 0.1) is 10.8 Å². The molecule has 2 aliphatic carbocycles. The molecule has 4 heterocycles. The fraction of sp³-hybridized carbons (Fsp3) is 0.0204. The first kappa shape index (κ1) is 63.9. The van der Waals surface area contributed by atoms with E-state index in [1.807, 2.05) is 132 Å². The molecule has 508 valence electrons. The lowest BCUT2D eigenvalue weighted by atomic mass is 9.67. The Labute approximate surface area is 636 Å². The van der Waals surface area contributed by atoms with Gasteiger partial charge in [0.2, 0.25) is 0 Å². The van der Waals surface area contributed by atoms with Gasteiger partial charge < -0.3 is 29.2 Å². The molecule has 2 aliphatic heterocycles. The Morgan fingerprint density at radius 3 is 1.07 bits per heavy atom. The molecule has 2 atom stereocenters. The number of nitrogens with one attached hydrogen (secondary N) is 1. The zero-order chi connectivity index (χ0) is 71.0. The van der Waals surface area contributed by atoms with Gasteiger partial charge in [0, 0.05) is 84.4 Å². The third-order valence-corrected chi connectivity index (χ3v) is 23.8. The van der Waals surface area contributed by atoms with Crippen LogP contribution in [0.2, 0.25) is 0 Å². The molecule has 0 saturated heterocycles. The predicted molar refractivity (Wildman–Crippen MR) is 445 cm³/mol. The van der Waals surface area contributed by atoms with Crippen molar-refractivity contribution in [1.82, 2.24) is 0 Å². The first-order valence-electron chi connectivity index (χ1n) is 35.9. The highest BCUT2D eigenvalue weighted by atomic mass is 79.9. The summed E-state index contributed by atoms with van der Waals surface area (Å²) in [4.78, 5) is 2.33. The zero-order valence-electron chi connectivity index (χ0n) is 57.6. The molecule has 18 aromatic rings. The van der Waals surface area contributed by atoms with Crippen LogP contribution in [0.3, 0.4) is 0 Å². The lowest BCUT2D eigenvalue weighted by Gasteiger charge is -2.34. The van der Waals surface area contributed by atoms with Crippen LogP contribution in [-0.4, -0.2) is 0 Å². The average Bonchev–Trinajstić information content (AvgIpc) is 1.53. The molecule has 0 fully saturated rings. The van der Waals surface area contributed by atoms with Crippen molar-refractivity contribution in [2.45, 2.75) is 10.8 Å². The second kappa shape index (κ2) is 26.4. The molecular formula is C98H63BrN2O4S2. The smallest absolute Gasteiger partial charge is 0.178 e. The van der Waals surface area contributed by atoms with Crippen LogP contribution in [0.15, 0.2) is 381 Å². The number of rotatable bonds is 9. The van der Waals surface area contributed by atoms with Crippen molar-refractivity contribution in [1.29, 1.82) is 0 Å². The molecular weight excluding hydrogens is 1410 g/mol. The van der Waals surface area contributed by atoms with E-state index in [0.29, 0.717) is 0 Å². The van der Waals surface area contributed by atoms with Crippen molar-refractivity contribution in [3.63, 3.8) is 0 Å². The highest BCUT2D eigenvalue weighted by molar-refractivity contribution is 9.10. The number of hydrogen-bond donors (Lipinski definition) is 1. The molecule has 0 saturated carbocycles. The van der Waals surface area contributed by atoms with E-state index in [-0.39, 0.29) is 0 Å². The number of benzene rings is 16. The van der Waals surface area contributed by atoms with Gasteiger partial charge in [-0.3, -0.25) is 0 Å². The summed E-state index contributed by atoms with van der Waals surface area (Å²) in [6.07, 6.45) is 0. The third kappa shape index (κ3) is 10.7. The Bertz CT molecular complexity index is 6380. The molecule has 0 bridgehead atoms. The predicted octanol–water partition coefficient (Wildman–Crippen LogP) is 28.3. The Balaban J connectivity index is 0.000000123. The molecule has 9 heteroatoms. The summed E-state index contributed by atoms with van der Waals surface area (Å²) in [5.41, 5.74) is 18.8. The minimum absolute atomic E-state index is 0.520. The van der Waals surface area contributed by atoms with Crippen molar-refractivity contribution in [2.24, 2.45) is 0 Å². The molecule has 0 radical (unpaired) electrons. The number of para-hydroxylation sites is 8. The van der Waals surface area contributed by atoms with Crippen molar-refractivity contribution in [2.75, 3.05) is 10.2 Å². The van der Waals surface area contributed by atoms with Gasteiger partial charge >= 0.3 is 0 Å². The van der Waals surface area contributed by atoms with Gasteiger partial charge in [0.15, 0.2) is 46.0 Å². The van der Waals surface area contributed by atoms with E-state index in [1.54, 1.807) is 0 Å². The lowest BCUT2D eigenvalue weighted by Crippen LogP contribution is -2.28. The minimum Gasteiger partial charge on any atom is -0.449 e. The largest absolute Gasteiger partial charge is 0.449 e. The van der Waals surface area contributed by atoms with Crippen LogP contribution in [0.25, 0.3) is 62.6 Å². The summed E-state index contributed by atoms with van der Waals surface area (Å²) in [7, 11) is 0. The normalized spacial score (nSPS) is 15.0. The van der Waals surface area contributed by atoms with Gasteiger partial charge in [-0.05, 0) is 177 Å². The van der Waals surface area contributed by atoms with E-state index in [0.717, 1.165) is 95.6 Å². The molecule has 1 N–H and O–H groups in total. The molecule has 0 amide bonds. The number of fused-ring (bicyclic) bond motifs is 18. The molecule has 0 spiro atoms. The first-order chi connectivity index (χ1) is 52.9. The number of hydrogen-bond acceptors (Lipinski definition) is 8. The topological polar surface area (TPSA) is 52.2 Å². The zero-order valence-corrected chi connectivity index (χ0v) is 60.8. The highest BCUT2D eigenvalue weighted by Gasteiger charge is 2.50. The summed E-state index contributed by atoms with van der Waals surface area (Å²) in [5.74, 6) is 5.95. The Kier molecular flexibility index (Phi) is 15.8. The van der Waals surface area contributed by atoms with Gasteiger partial charge in [0.1, 0.15) is 0 Å². The summed E-state index contributed by atoms with van der Waals surface area (Å²) >= 11 is 7.36. The number of nitrogens with zero attached hydrogens (tertiary/aromatic N) is 1. The van der Waals surface area contributed by atoms with E-state index in [9.17, 15) is 0 Å². The van der Waals surface area contributed by atoms with Crippen LogP contribution in [-0.2, 0) is 10.8 Å². The number of thiophene rings is 2. The van der Waals surface area contributed by atoms with Crippen LogP contribution in [0.1, 0.15) is 44.5 Å². The molecule has 2 aromatic heterocycles. The average molecular weight is 1480 g/mol. The first-order valence-corrected chi connectivity index (χ1v) is 38.3. The van der Waals surface area contributed by atoms with Crippen molar-refractivity contribution >= 4 is 107 Å². The van der Waals surface area contributed by atoms with Crippen LogP contribution in [0, 0.1) is 0 Å². The maximum atomic E-state index is 6.72. The van der Waals surface area contributed by atoms with Gasteiger partial charge in [0.25, 0.3) is 0 Å². The van der Waals surface area contributed by atoms with Crippen molar-refractivity contribution in [3.05, 3.63) is 425 Å². The monoisotopic (exact) mass is 1470 g/mol.